The molecule has 3 aromatic rings. The molecule has 1 aromatic heterocycles. The molecule has 0 aliphatic rings. The Kier molecular flexibility index (Phi) is 5.47. The van der Waals surface area contributed by atoms with Crippen molar-refractivity contribution in [3.63, 3.8) is 0 Å². The second kappa shape index (κ2) is 7.97. The largest absolute Gasteiger partial charge is 0.340 e. The number of nitrogens with one attached hydrogen (secondary N) is 2. The molecule has 0 bridgehead atoms. The summed E-state index contributed by atoms with van der Waals surface area (Å²) in [5.74, 6) is -0.393. The minimum Gasteiger partial charge on any atom is -0.340 e. The third-order valence-electron chi connectivity index (χ3n) is 3.77. The molecule has 1 heterocycles. The smallest absolute Gasteiger partial charge is 0.257 e. The third-order valence-corrected chi connectivity index (χ3v) is 4.06. The van der Waals surface area contributed by atoms with Gasteiger partial charge in [-0.05, 0) is 61.5 Å². The van der Waals surface area contributed by atoms with Gasteiger partial charge < -0.3 is 10.6 Å². The third kappa shape index (κ3) is 4.68. The highest BCUT2D eigenvalue weighted by Gasteiger charge is 2.09. The van der Waals surface area contributed by atoms with Gasteiger partial charge in [-0.1, -0.05) is 11.6 Å². The van der Waals surface area contributed by atoms with E-state index < -0.39 is 5.82 Å². The van der Waals surface area contributed by atoms with Crippen molar-refractivity contribution < 1.29 is 14.0 Å². The maximum atomic E-state index is 13.2. The fraction of sp³-hybridized carbons (Fsp3) is 0.0500. The predicted molar refractivity (Wildman–Crippen MR) is 103 cm³/mol. The van der Waals surface area contributed by atoms with E-state index in [9.17, 15) is 14.0 Å². The molecule has 0 aliphatic heterocycles. The average Bonchev–Trinajstić information content (AvgIpc) is 2.66. The van der Waals surface area contributed by atoms with Gasteiger partial charge in [-0.15, -0.1) is 0 Å². The molecule has 27 heavy (non-hydrogen) atoms. The Morgan fingerprint density at radius 3 is 2.22 bits per heavy atom. The van der Waals surface area contributed by atoms with Crippen LogP contribution < -0.4 is 10.6 Å². The first-order valence-corrected chi connectivity index (χ1v) is 8.40. The monoisotopic (exact) mass is 383 g/mol. The number of ketones is 1. The van der Waals surface area contributed by atoms with Crippen LogP contribution in [0.15, 0.2) is 60.8 Å². The lowest BCUT2D eigenvalue weighted by molar-refractivity contribution is 0.101. The average molecular weight is 384 g/mol. The van der Waals surface area contributed by atoms with Crippen molar-refractivity contribution in [2.75, 3.05) is 10.6 Å². The van der Waals surface area contributed by atoms with E-state index in [-0.39, 0.29) is 16.7 Å². The van der Waals surface area contributed by atoms with Crippen LogP contribution in [-0.2, 0) is 0 Å². The lowest BCUT2D eigenvalue weighted by atomic mass is 10.1. The van der Waals surface area contributed by atoms with Gasteiger partial charge in [-0.2, -0.15) is 0 Å². The minimum atomic E-state index is -0.553. The van der Waals surface area contributed by atoms with E-state index in [0.29, 0.717) is 22.6 Å². The zero-order valence-electron chi connectivity index (χ0n) is 14.3. The second-order valence-corrected chi connectivity index (χ2v) is 6.18. The Labute approximate surface area is 160 Å². The number of hydrogen-bond acceptors (Lipinski definition) is 4. The van der Waals surface area contributed by atoms with E-state index in [0.717, 1.165) is 5.69 Å². The van der Waals surface area contributed by atoms with Gasteiger partial charge in [0.15, 0.2) is 5.78 Å². The van der Waals surface area contributed by atoms with Crippen LogP contribution >= 0.6 is 11.6 Å². The molecule has 0 fully saturated rings. The van der Waals surface area contributed by atoms with Gasteiger partial charge in [0.05, 0.1) is 10.6 Å². The summed E-state index contributed by atoms with van der Waals surface area (Å²) in [4.78, 5) is 27.7. The molecule has 0 unspecified atom stereocenters. The zero-order chi connectivity index (χ0) is 19.4. The summed E-state index contributed by atoms with van der Waals surface area (Å²) in [7, 11) is 0. The fourth-order valence-electron chi connectivity index (χ4n) is 2.32. The Morgan fingerprint density at radius 2 is 1.63 bits per heavy atom. The Bertz CT molecular complexity index is 989. The molecule has 3 rings (SSSR count). The summed E-state index contributed by atoms with van der Waals surface area (Å²) in [6.45, 7) is 1.51. The molecule has 5 nitrogen and oxygen atoms in total. The van der Waals surface area contributed by atoms with Crippen molar-refractivity contribution in [3.8, 4) is 0 Å². The van der Waals surface area contributed by atoms with Crippen LogP contribution in [0.2, 0.25) is 5.02 Å². The number of nitrogens with zero attached hydrogens (tertiary/aromatic N) is 1. The molecule has 7 heteroatoms. The molecular formula is C20H15ClFN3O2. The van der Waals surface area contributed by atoms with Crippen LogP contribution in [-0.4, -0.2) is 16.7 Å². The highest BCUT2D eigenvalue weighted by molar-refractivity contribution is 6.31. The van der Waals surface area contributed by atoms with Crippen molar-refractivity contribution >= 4 is 40.5 Å². The molecular weight excluding hydrogens is 369 g/mol. The molecule has 0 saturated carbocycles. The van der Waals surface area contributed by atoms with Crippen molar-refractivity contribution in [1.82, 2.24) is 4.98 Å². The van der Waals surface area contributed by atoms with Crippen molar-refractivity contribution in [3.05, 3.63) is 82.8 Å². The summed E-state index contributed by atoms with van der Waals surface area (Å²) in [6, 6.07) is 14.2. The van der Waals surface area contributed by atoms with Crippen molar-refractivity contribution in [2.45, 2.75) is 6.92 Å². The zero-order valence-corrected chi connectivity index (χ0v) is 15.0. The van der Waals surface area contributed by atoms with Crippen LogP contribution in [0.25, 0.3) is 0 Å². The number of rotatable bonds is 5. The number of hydrogen-bond donors (Lipinski definition) is 2. The number of pyridine rings is 1. The molecule has 0 aliphatic carbocycles. The van der Waals surface area contributed by atoms with Gasteiger partial charge >= 0.3 is 0 Å². The molecule has 0 atom stereocenters. The first-order chi connectivity index (χ1) is 12.9. The summed E-state index contributed by atoms with van der Waals surface area (Å²) in [6.07, 6.45) is 1.42. The van der Waals surface area contributed by atoms with Crippen molar-refractivity contribution in [2.24, 2.45) is 0 Å². The van der Waals surface area contributed by atoms with E-state index >= 15 is 0 Å². The fourth-order valence-corrected chi connectivity index (χ4v) is 2.50. The van der Waals surface area contributed by atoms with Crippen LogP contribution in [0.1, 0.15) is 27.6 Å². The Morgan fingerprint density at radius 1 is 0.963 bits per heavy atom. The van der Waals surface area contributed by atoms with Gasteiger partial charge in [-0.25, -0.2) is 9.37 Å². The molecule has 1 amide bonds. The van der Waals surface area contributed by atoms with Gasteiger partial charge in [0.2, 0.25) is 0 Å². The van der Waals surface area contributed by atoms with E-state index in [1.165, 1.54) is 31.3 Å². The number of Topliss-reactive ketones (excluding diaryl/α,β-unsaturated/α-hetero) is 1. The van der Waals surface area contributed by atoms with Crippen LogP contribution in [0.3, 0.4) is 0 Å². The van der Waals surface area contributed by atoms with Gasteiger partial charge in [0.1, 0.15) is 11.6 Å². The number of anilines is 3. The normalized spacial score (nSPS) is 10.3. The van der Waals surface area contributed by atoms with E-state index in [4.69, 9.17) is 11.6 Å². The molecule has 0 saturated heterocycles. The Hall–Kier alpha value is -3.25. The van der Waals surface area contributed by atoms with E-state index in [1.807, 2.05) is 0 Å². The van der Waals surface area contributed by atoms with E-state index in [2.05, 4.69) is 15.6 Å². The molecule has 0 radical (unpaired) electrons. The number of carbonyl (C=O) groups is 2. The molecule has 2 N–H and O–H groups in total. The number of amides is 1. The standard InChI is InChI=1S/C20H15ClFN3O2/c1-12(26)13-2-5-15(6-3-13)24-19-9-4-14(11-23-19)20(27)25-16-7-8-18(22)17(21)10-16/h2-11H,1H3,(H,23,24)(H,25,27). The lowest BCUT2D eigenvalue weighted by Crippen LogP contribution is -2.12. The topological polar surface area (TPSA) is 71.1 Å². The van der Waals surface area contributed by atoms with Gasteiger partial charge in [0.25, 0.3) is 5.91 Å². The summed E-state index contributed by atoms with van der Waals surface area (Å²) in [5.41, 5.74) is 2.12. The molecule has 136 valence electrons. The van der Waals surface area contributed by atoms with Crippen LogP contribution in [0.4, 0.5) is 21.6 Å². The van der Waals surface area contributed by atoms with Gasteiger partial charge in [-0.3, -0.25) is 9.59 Å². The number of aromatic nitrogens is 1. The SMILES string of the molecule is CC(=O)c1ccc(Nc2ccc(C(=O)Nc3ccc(F)c(Cl)c3)cn2)cc1. The van der Waals surface area contributed by atoms with Crippen LogP contribution in [0, 0.1) is 5.82 Å². The lowest BCUT2D eigenvalue weighted by Gasteiger charge is -2.08. The Balaban J connectivity index is 1.66. The highest BCUT2D eigenvalue weighted by atomic mass is 35.5. The predicted octanol–water partition coefficient (Wildman–Crippen LogP) is 5.07. The number of halogens is 2. The van der Waals surface area contributed by atoms with Crippen LogP contribution in [0.5, 0.6) is 0 Å². The summed E-state index contributed by atoms with van der Waals surface area (Å²) >= 11 is 5.70. The summed E-state index contributed by atoms with van der Waals surface area (Å²) in [5, 5.41) is 5.65. The number of carbonyl (C=O) groups excluding carboxylic acids is 2. The maximum Gasteiger partial charge on any atom is 0.257 e. The van der Waals surface area contributed by atoms with Crippen molar-refractivity contribution in [1.29, 1.82) is 0 Å². The second-order valence-electron chi connectivity index (χ2n) is 5.77. The minimum absolute atomic E-state index is 0.00233. The first kappa shape index (κ1) is 18.5. The van der Waals surface area contributed by atoms with E-state index in [1.54, 1.807) is 36.4 Å². The van der Waals surface area contributed by atoms with Gasteiger partial charge in [0, 0.05) is 23.1 Å². The maximum absolute atomic E-state index is 13.2. The highest BCUT2D eigenvalue weighted by Crippen LogP contribution is 2.20. The molecule has 0 spiro atoms. The first-order valence-electron chi connectivity index (χ1n) is 8.03. The quantitative estimate of drug-likeness (QED) is 0.603. The summed E-state index contributed by atoms with van der Waals surface area (Å²) < 4.78 is 13.2. The molecule has 2 aromatic carbocycles. The number of benzene rings is 2.